The van der Waals surface area contributed by atoms with Crippen LogP contribution in [0.2, 0.25) is 0 Å². The molecule has 0 aliphatic rings. The minimum Gasteiger partial charge on any atom is -0.457 e. The van der Waals surface area contributed by atoms with E-state index in [0.717, 1.165) is 12.1 Å². The summed E-state index contributed by atoms with van der Waals surface area (Å²) in [6.07, 6.45) is -4.25. The molecule has 41 heavy (non-hydrogen) atoms. The Kier molecular flexibility index (Phi) is 9.41. The fraction of sp³-hybridized carbons (Fsp3) is 0.133. The fourth-order valence-corrected chi connectivity index (χ4v) is 3.80. The average molecular weight is 567 g/mol. The van der Waals surface area contributed by atoms with Crippen molar-refractivity contribution >= 4 is 29.1 Å². The molecule has 0 atom stereocenters. The quantitative estimate of drug-likeness (QED) is 0.142. The van der Waals surface area contributed by atoms with E-state index in [-0.39, 0.29) is 30.9 Å². The topological polar surface area (TPSA) is 82.7 Å². The van der Waals surface area contributed by atoms with E-state index in [0.29, 0.717) is 17.2 Å². The Bertz CT molecular complexity index is 1460. The van der Waals surface area contributed by atoms with Crippen LogP contribution >= 0.6 is 0 Å². The standard InChI is InChI=1S/C30H26F4N4O3/c31-26-12-4-5-13-27(26)37-29(40)38(23-14-16-25(17-15-23)41-24-10-2-1-3-11-24)19-7-18-35-28(39)36-22-9-6-8-21(20-22)30(32,33)34/h1-6,8-17,20H,7,18-19H2,(H,37,40)(H2,35,36,39). The number of amides is 4. The first kappa shape index (κ1) is 28.9. The van der Waals surface area contributed by atoms with Gasteiger partial charge in [0, 0.05) is 24.5 Å². The first-order valence-corrected chi connectivity index (χ1v) is 12.6. The van der Waals surface area contributed by atoms with E-state index < -0.39 is 29.6 Å². The molecule has 4 rings (SSSR count). The van der Waals surface area contributed by atoms with Crippen LogP contribution in [-0.2, 0) is 6.18 Å². The zero-order chi connectivity index (χ0) is 29.2. The smallest absolute Gasteiger partial charge is 0.416 e. The van der Waals surface area contributed by atoms with Crippen LogP contribution in [0, 0.1) is 5.82 Å². The number of carbonyl (C=O) groups excluding carboxylic acids is 2. The van der Waals surface area contributed by atoms with Crippen molar-refractivity contribution in [1.82, 2.24) is 5.32 Å². The van der Waals surface area contributed by atoms with Crippen LogP contribution in [0.25, 0.3) is 0 Å². The Labute approximate surface area is 233 Å². The van der Waals surface area contributed by atoms with E-state index in [9.17, 15) is 27.2 Å². The van der Waals surface area contributed by atoms with Crippen molar-refractivity contribution < 1.29 is 31.9 Å². The van der Waals surface area contributed by atoms with Gasteiger partial charge in [-0.2, -0.15) is 13.2 Å². The summed E-state index contributed by atoms with van der Waals surface area (Å²) in [6.45, 7) is 0.229. The lowest BCUT2D eigenvalue weighted by molar-refractivity contribution is -0.137. The maximum Gasteiger partial charge on any atom is 0.416 e. The molecule has 0 radical (unpaired) electrons. The minimum absolute atomic E-state index is 0.00474. The number of hydrogen-bond acceptors (Lipinski definition) is 3. The molecule has 0 spiro atoms. The third-order valence-corrected chi connectivity index (χ3v) is 5.78. The van der Waals surface area contributed by atoms with Gasteiger partial charge in [0.2, 0.25) is 0 Å². The molecular formula is C30H26F4N4O3. The van der Waals surface area contributed by atoms with Gasteiger partial charge >= 0.3 is 18.2 Å². The molecule has 7 nitrogen and oxygen atoms in total. The Morgan fingerprint density at radius 1 is 0.780 bits per heavy atom. The highest BCUT2D eigenvalue weighted by Gasteiger charge is 2.30. The van der Waals surface area contributed by atoms with E-state index in [1.165, 1.54) is 35.2 Å². The van der Waals surface area contributed by atoms with Crippen LogP contribution in [0.1, 0.15) is 12.0 Å². The summed E-state index contributed by atoms with van der Waals surface area (Å²) >= 11 is 0. The molecular weight excluding hydrogens is 540 g/mol. The second-order valence-electron chi connectivity index (χ2n) is 8.78. The van der Waals surface area contributed by atoms with Gasteiger partial charge in [0.25, 0.3) is 0 Å². The number of urea groups is 2. The monoisotopic (exact) mass is 566 g/mol. The molecule has 3 N–H and O–H groups in total. The summed E-state index contributed by atoms with van der Waals surface area (Å²) in [5.41, 5.74) is -0.397. The summed E-state index contributed by atoms with van der Waals surface area (Å²) < 4.78 is 58.7. The summed E-state index contributed by atoms with van der Waals surface area (Å²) in [7, 11) is 0. The Hall–Kier alpha value is -5.06. The molecule has 212 valence electrons. The van der Waals surface area contributed by atoms with Crippen LogP contribution in [0.4, 0.5) is 44.2 Å². The van der Waals surface area contributed by atoms with Gasteiger partial charge in [0.1, 0.15) is 17.3 Å². The number of para-hydroxylation sites is 2. The molecule has 0 bridgehead atoms. The predicted octanol–water partition coefficient (Wildman–Crippen LogP) is 7.89. The molecule has 4 aromatic carbocycles. The third-order valence-electron chi connectivity index (χ3n) is 5.78. The average Bonchev–Trinajstić information content (AvgIpc) is 2.95. The molecule has 0 heterocycles. The molecule has 11 heteroatoms. The largest absolute Gasteiger partial charge is 0.457 e. The highest BCUT2D eigenvalue weighted by Crippen LogP contribution is 2.30. The molecule has 0 saturated carbocycles. The predicted molar refractivity (Wildman–Crippen MR) is 149 cm³/mol. The number of alkyl halides is 3. The zero-order valence-corrected chi connectivity index (χ0v) is 21.6. The van der Waals surface area contributed by atoms with Crippen LogP contribution in [-0.4, -0.2) is 25.2 Å². The van der Waals surface area contributed by atoms with Crippen molar-refractivity contribution in [2.24, 2.45) is 0 Å². The van der Waals surface area contributed by atoms with Crippen molar-refractivity contribution in [3.63, 3.8) is 0 Å². The van der Waals surface area contributed by atoms with Crippen molar-refractivity contribution in [3.8, 4) is 11.5 Å². The number of anilines is 3. The van der Waals surface area contributed by atoms with Crippen molar-refractivity contribution in [2.45, 2.75) is 12.6 Å². The Morgan fingerprint density at radius 3 is 2.17 bits per heavy atom. The first-order valence-electron chi connectivity index (χ1n) is 12.6. The summed E-state index contributed by atoms with van der Waals surface area (Å²) in [5.74, 6) is 0.589. The number of hydrogen-bond donors (Lipinski definition) is 3. The van der Waals surface area contributed by atoms with Crippen LogP contribution in [0.5, 0.6) is 11.5 Å². The number of halogens is 4. The van der Waals surface area contributed by atoms with Gasteiger partial charge in [-0.25, -0.2) is 14.0 Å². The van der Waals surface area contributed by atoms with Gasteiger partial charge in [-0.05, 0) is 73.2 Å². The van der Waals surface area contributed by atoms with Gasteiger partial charge in [0.05, 0.1) is 11.3 Å². The van der Waals surface area contributed by atoms with E-state index in [4.69, 9.17) is 4.74 Å². The van der Waals surface area contributed by atoms with Crippen LogP contribution in [0.3, 0.4) is 0 Å². The summed E-state index contributed by atoms with van der Waals surface area (Å²) in [4.78, 5) is 26.8. The van der Waals surface area contributed by atoms with Gasteiger partial charge < -0.3 is 20.7 Å². The fourth-order valence-electron chi connectivity index (χ4n) is 3.80. The van der Waals surface area contributed by atoms with E-state index in [1.54, 1.807) is 42.5 Å². The van der Waals surface area contributed by atoms with Crippen LogP contribution < -0.4 is 25.6 Å². The van der Waals surface area contributed by atoms with Gasteiger partial charge in [-0.1, -0.05) is 36.4 Å². The molecule has 0 aromatic heterocycles. The highest BCUT2D eigenvalue weighted by atomic mass is 19.4. The lowest BCUT2D eigenvalue weighted by Gasteiger charge is -2.24. The maximum atomic E-state index is 14.2. The highest BCUT2D eigenvalue weighted by molar-refractivity contribution is 6.01. The maximum absolute atomic E-state index is 14.2. The van der Waals surface area contributed by atoms with E-state index in [1.807, 2.05) is 18.2 Å². The van der Waals surface area contributed by atoms with Crippen molar-refractivity contribution in [3.05, 3.63) is 115 Å². The lowest BCUT2D eigenvalue weighted by atomic mass is 10.2. The summed E-state index contributed by atoms with van der Waals surface area (Å²) in [5, 5.41) is 7.48. The first-order chi connectivity index (χ1) is 19.7. The normalized spacial score (nSPS) is 10.9. The SMILES string of the molecule is O=C(NCCCN(C(=O)Nc1ccccc1F)c1ccc(Oc2ccccc2)cc1)Nc1cccc(C(F)(F)F)c1. The number of ether oxygens (including phenoxy) is 1. The number of nitrogens with zero attached hydrogens (tertiary/aromatic N) is 1. The third kappa shape index (κ3) is 8.46. The number of benzene rings is 4. The lowest BCUT2D eigenvalue weighted by Crippen LogP contribution is -2.38. The Morgan fingerprint density at radius 2 is 1.46 bits per heavy atom. The summed E-state index contributed by atoms with van der Waals surface area (Å²) in [6, 6.07) is 24.6. The second kappa shape index (κ2) is 13.3. The number of carbonyl (C=O) groups is 2. The number of nitrogens with one attached hydrogen (secondary N) is 3. The Balaban J connectivity index is 1.39. The van der Waals surface area contributed by atoms with Crippen molar-refractivity contribution in [2.75, 3.05) is 28.6 Å². The molecule has 0 saturated heterocycles. The molecule has 0 aliphatic carbocycles. The molecule has 0 unspecified atom stereocenters. The minimum atomic E-state index is -4.53. The molecule has 4 amide bonds. The van der Waals surface area contributed by atoms with Gasteiger partial charge in [-0.15, -0.1) is 0 Å². The zero-order valence-electron chi connectivity index (χ0n) is 21.6. The van der Waals surface area contributed by atoms with E-state index >= 15 is 0 Å². The van der Waals surface area contributed by atoms with Gasteiger partial charge in [-0.3, -0.25) is 4.90 Å². The molecule has 4 aromatic rings. The second-order valence-corrected chi connectivity index (χ2v) is 8.78. The van der Waals surface area contributed by atoms with Crippen LogP contribution in [0.15, 0.2) is 103 Å². The number of rotatable bonds is 9. The van der Waals surface area contributed by atoms with E-state index in [2.05, 4.69) is 16.0 Å². The van der Waals surface area contributed by atoms with Gasteiger partial charge in [0.15, 0.2) is 0 Å². The van der Waals surface area contributed by atoms with Crippen molar-refractivity contribution in [1.29, 1.82) is 0 Å². The molecule has 0 aliphatic heterocycles. The molecule has 0 fully saturated rings.